The van der Waals surface area contributed by atoms with Crippen LogP contribution in [0.3, 0.4) is 0 Å². The first-order chi connectivity index (χ1) is 7.24. The lowest BCUT2D eigenvalue weighted by Crippen LogP contribution is -2.37. The Morgan fingerprint density at radius 3 is 1.81 bits per heavy atom. The van der Waals surface area contributed by atoms with Crippen molar-refractivity contribution in [3.63, 3.8) is 0 Å². The molecule has 0 bridgehead atoms. The summed E-state index contributed by atoms with van der Waals surface area (Å²) in [5, 5.41) is 1.54. The molecule has 0 heterocycles. The first-order valence-corrected chi connectivity index (χ1v) is 12.5. The van der Waals surface area contributed by atoms with E-state index in [9.17, 15) is 0 Å². The van der Waals surface area contributed by atoms with Crippen LogP contribution >= 0.6 is 0 Å². The van der Waals surface area contributed by atoms with Gasteiger partial charge in [0.05, 0.1) is 8.07 Å². The summed E-state index contributed by atoms with van der Waals surface area (Å²) in [6.45, 7) is 11.7. The summed E-state index contributed by atoms with van der Waals surface area (Å²) in [5.74, 6) is 0. The van der Waals surface area contributed by atoms with Crippen molar-refractivity contribution in [2.45, 2.75) is 38.8 Å². The fraction of sp³-hybridized carbons (Fsp3) is 0.538. The summed E-state index contributed by atoms with van der Waals surface area (Å²) >= 11 is 0. The van der Waals surface area contributed by atoms with E-state index in [1.54, 1.807) is 0 Å². The van der Waals surface area contributed by atoms with Crippen LogP contribution in [0.25, 0.3) is 0 Å². The SMILES string of the molecule is CO[Si](C)(C)Cc1ccc([Si](C)(C)C)cc1. The highest BCUT2D eigenvalue weighted by atomic mass is 28.4. The molecule has 0 spiro atoms. The average molecular weight is 253 g/mol. The van der Waals surface area contributed by atoms with Gasteiger partial charge >= 0.3 is 0 Å². The maximum absolute atomic E-state index is 5.59. The minimum atomic E-state index is -1.47. The highest BCUT2D eigenvalue weighted by Gasteiger charge is 2.21. The van der Waals surface area contributed by atoms with Crippen LogP contribution in [0.1, 0.15) is 5.56 Å². The van der Waals surface area contributed by atoms with E-state index in [4.69, 9.17) is 4.43 Å². The Kier molecular flexibility index (Phi) is 4.15. The Labute approximate surface area is 102 Å². The van der Waals surface area contributed by atoms with E-state index < -0.39 is 16.4 Å². The van der Waals surface area contributed by atoms with Crippen LogP contribution in [-0.2, 0) is 10.5 Å². The first kappa shape index (κ1) is 13.7. The van der Waals surface area contributed by atoms with Gasteiger partial charge in [-0.1, -0.05) is 49.1 Å². The fourth-order valence-electron chi connectivity index (χ4n) is 1.69. The first-order valence-electron chi connectivity index (χ1n) is 5.89. The lowest BCUT2D eigenvalue weighted by Gasteiger charge is -2.21. The number of rotatable bonds is 4. The summed E-state index contributed by atoms with van der Waals surface area (Å²) in [6, 6.07) is 10.3. The maximum atomic E-state index is 5.59. The predicted molar refractivity (Wildman–Crippen MR) is 77.6 cm³/mol. The second-order valence-electron chi connectivity index (χ2n) is 6.09. The van der Waals surface area contributed by atoms with Gasteiger partial charge in [0.2, 0.25) is 0 Å². The second kappa shape index (κ2) is 4.86. The van der Waals surface area contributed by atoms with Gasteiger partial charge in [-0.25, -0.2) is 0 Å². The zero-order valence-corrected chi connectivity index (χ0v) is 13.4. The van der Waals surface area contributed by atoms with E-state index in [0.29, 0.717) is 0 Å². The number of hydrogen-bond acceptors (Lipinski definition) is 1. The average Bonchev–Trinajstić information content (AvgIpc) is 2.16. The quantitative estimate of drug-likeness (QED) is 0.748. The molecule has 0 aromatic heterocycles. The van der Waals surface area contributed by atoms with Gasteiger partial charge in [-0.2, -0.15) is 0 Å². The Morgan fingerprint density at radius 2 is 1.44 bits per heavy atom. The monoisotopic (exact) mass is 252 g/mol. The van der Waals surface area contributed by atoms with Crippen LogP contribution in [0, 0.1) is 0 Å². The summed E-state index contributed by atoms with van der Waals surface area (Å²) in [7, 11) is -0.777. The highest BCUT2D eigenvalue weighted by molar-refractivity contribution is 6.88. The minimum absolute atomic E-state index is 1.11. The molecular formula is C13H24OSi2. The molecule has 90 valence electrons. The lowest BCUT2D eigenvalue weighted by atomic mass is 10.2. The van der Waals surface area contributed by atoms with E-state index in [2.05, 4.69) is 57.0 Å². The van der Waals surface area contributed by atoms with Crippen molar-refractivity contribution in [1.29, 1.82) is 0 Å². The van der Waals surface area contributed by atoms with E-state index in [1.807, 2.05) is 7.11 Å². The van der Waals surface area contributed by atoms with Crippen molar-refractivity contribution in [3.8, 4) is 0 Å². The molecule has 0 amide bonds. The molecule has 0 atom stereocenters. The van der Waals surface area contributed by atoms with Gasteiger partial charge in [0.25, 0.3) is 0 Å². The van der Waals surface area contributed by atoms with E-state index in [0.717, 1.165) is 6.04 Å². The third-order valence-corrected chi connectivity index (χ3v) is 7.43. The molecule has 0 radical (unpaired) electrons. The second-order valence-corrected chi connectivity index (χ2v) is 15.4. The summed E-state index contributed by atoms with van der Waals surface area (Å²) in [6.07, 6.45) is 0. The van der Waals surface area contributed by atoms with Gasteiger partial charge in [0, 0.05) is 7.11 Å². The molecule has 0 N–H and O–H groups in total. The molecule has 1 aromatic rings. The van der Waals surface area contributed by atoms with E-state index in [-0.39, 0.29) is 0 Å². The minimum Gasteiger partial charge on any atom is -0.420 e. The zero-order chi connectivity index (χ0) is 12.4. The molecule has 0 saturated carbocycles. The largest absolute Gasteiger partial charge is 0.420 e. The molecule has 1 nitrogen and oxygen atoms in total. The van der Waals surface area contributed by atoms with Gasteiger partial charge in [-0.05, 0) is 24.7 Å². The van der Waals surface area contributed by atoms with Crippen molar-refractivity contribution in [2.24, 2.45) is 0 Å². The van der Waals surface area contributed by atoms with Crippen LogP contribution in [0.15, 0.2) is 24.3 Å². The molecule has 0 fully saturated rings. The van der Waals surface area contributed by atoms with Crippen molar-refractivity contribution in [2.75, 3.05) is 7.11 Å². The van der Waals surface area contributed by atoms with Gasteiger partial charge in [0.1, 0.15) is 0 Å². The van der Waals surface area contributed by atoms with Crippen LogP contribution in [0.2, 0.25) is 32.7 Å². The Hall–Kier alpha value is -0.386. The molecule has 16 heavy (non-hydrogen) atoms. The van der Waals surface area contributed by atoms with Crippen LogP contribution in [0.5, 0.6) is 0 Å². The van der Waals surface area contributed by atoms with Crippen LogP contribution < -0.4 is 5.19 Å². The molecule has 0 saturated heterocycles. The van der Waals surface area contributed by atoms with Crippen molar-refractivity contribution < 1.29 is 4.43 Å². The highest BCUT2D eigenvalue weighted by Crippen LogP contribution is 2.12. The Morgan fingerprint density at radius 1 is 0.938 bits per heavy atom. The Balaban J connectivity index is 2.80. The molecule has 3 heteroatoms. The summed E-state index contributed by atoms with van der Waals surface area (Å²) in [5.41, 5.74) is 1.42. The molecule has 0 unspecified atom stereocenters. The van der Waals surface area contributed by atoms with Gasteiger partial charge in [-0.3, -0.25) is 0 Å². The van der Waals surface area contributed by atoms with Crippen molar-refractivity contribution >= 4 is 21.6 Å². The number of benzene rings is 1. The Bertz CT molecular complexity index is 336. The van der Waals surface area contributed by atoms with Gasteiger partial charge in [-0.15, -0.1) is 0 Å². The standard InChI is InChI=1S/C13H24OSi2/c1-14-16(5,6)11-12-7-9-13(10-8-12)15(2,3)4/h7-10H,11H2,1-6H3. The van der Waals surface area contributed by atoms with Gasteiger partial charge in [0.15, 0.2) is 8.32 Å². The van der Waals surface area contributed by atoms with Crippen LogP contribution in [0.4, 0.5) is 0 Å². The molecular weight excluding hydrogens is 228 g/mol. The molecule has 0 aliphatic heterocycles. The third-order valence-electron chi connectivity index (χ3n) is 3.00. The predicted octanol–water partition coefficient (Wildman–Crippen LogP) is 3.17. The smallest absolute Gasteiger partial charge is 0.190 e. The van der Waals surface area contributed by atoms with Gasteiger partial charge < -0.3 is 4.43 Å². The summed E-state index contributed by atoms with van der Waals surface area (Å²) < 4.78 is 5.59. The van der Waals surface area contributed by atoms with Crippen LogP contribution in [-0.4, -0.2) is 23.5 Å². The van der Waals surface area contributed by atoms with Crippen molar-refractivity contribution in [3.05, 3.63) is 29.8 Å². The molecule has 1 rings (SSSR count). The van der Waals surface area contributed by atoms with E-state index in [1.165, 1.54) is 10.8 Å². The van der Waals surface area contributed by atoms with E-state index >= 15 is 0 Å². The topological polar surface area (TPSA) is 9.23 Å². The number of hydrogen-bond donors (Lipinski definition) is 0. The van der Waals surface area contributed by atoms with Crippen molar-refractivity contribution in [1.82, 2.24) is 0 Å². The lowest BCUT2D eigenvalue weighted by molar-refractivity contribution is 0.403. The maximum Gasteiger partial charge on any atom is 0.190 e. The summed E-state index contributed by atoms with van der Waals surface area (Å²) in [4.78, 5) is 0. The third kappa shape index (κ3) is 3.88. The molecule has 0 aliphatic carbocycles. The zero-order valence-electron chi connectivity index (χ0n) is 11.4. The molecule has 0 aliphatic rings. The fourth-order valence-corrected chi connectivity index (χ4v) is 4.22. The molecule has 1 aromatic carbocycles. The normalized spacial score (nSPS) is 12.9.